The molecule has 8 rings (SSSR count). The summed E-state index contributed by atoms with van der Waals surface area (Å²) in [5.74, 6) is -0.186. The first kappa shape index (κ1) is 58.1. The summed E-state index contributed by atoms with van der Waals surface area (Å²) < 4.78 is 47.9. The summed E-state index contributed by atoms with van der Waals surface area (Å²) in [4.78, 5) is 0. The van der Waals surface area contributed by atoms with Crippen molar-refractivity contribution in [2.24, 2.45) is 45.3 Å². The molecule has 13 N–H and O–H groups in total. The van der Waals surface area contributed by atoms with Crippen molar-refractivity contribution >= 4 is 0 Å². The van der Waals surface area contributed by atoms with Gasteiger partial charge in [0.1, 0.15) is 85.5 Å². The van der Waals surface area contributed by atoms with Gasteiger partial charge in [-0.15, -0.1) is 0 Å². The van der Waals surface area contributed by atoms with Gasteiger partial charge in [0, 0.05) is 0 Å². The Bertz CT molecular complexity index is 1890. The number of hydrogen-bond acceptors (Lipinski definition) is 21. The molecular weight excluding hydrogens is 961 g/mol. The summed E-state index contributed by atoms with van der Waals surface area (Å²) in [6.07, 6.45) is -19.4. The van der Waals surface area contributed by atoms with Crippen LogP contribution in [0, 0.1) is 45.3 Å². The molecule has 0 bridgehead atoms. The molecule has 0 aromatic heterocycles. The molecule has 4 heterocycles. The molecule has 28 atom stereocenters. The fraction of sp³-hybridized carbons (Fsp3) is 0.962. The lowest BCUT2D eigenvalue weighted by molar-refractivity contribution is -0.351. The highest BCUT2D eigenvalue weighted by atomic mass is 16.7. The maximum Gasteiger partial charge on any atom is 0.187 e. The Morgan fingerprint density at radius 3 is 1.88 bits per heavy atom. The number of allylic oxidation sites excluding steroid dienone is 2. The Labute approximate surface area is 428 Å². The molecule has 0 aromatic carbocycles. The van der Waals surface area contributed by atoms with Crippen LogP contribution in [-0.4, -0.2) is 221 Å². The third-order valence-electron chi connectivity index (χ3n) is 20.1. The monoisotopic (exact) mass is 1050 g/mol. The van der Waals surface area contributed by atoms with Crippen LogP contribution in [0.15, 0.2) is 11.6 Å². The molecule has 0 amide bonds. The van der Waals surface area contributed by atoms with Gasteiger partial charge in [-0.1, -0.05) is 46.3 Å². The molecule has 4 saturated carbocycles. The normalized spacial score (nSPS) is 52.8. The van der Waals surface area contributed by atoms with Crippen molar-refractivity contribution in [2.75, 3.05) is 26.4 Å². The lowest BCUT2D eigenvalue weighted by Gasteiger charge is -2.71. The first-order valence-electron chi connectivity index (χ1n) is 26.7. The van der Waals surface area contributed by atoms with E-state index in [0.717, 1.165) is 31.3 Å². The number of fused-ring (bicyclic) bond motifs is 5. The third kappa shape index (κ3) is 10.3. The van der Waals surface area contributed by atoms with E-state index in [0.29, 0.717) is 32.1 Å². The van der Waals surface area contributed by atoms with Gasteiger partial charge in [0.25, 0.3) is 0 Å². The fourth-order valence-corrected chi connectivity index (χ4v) is 15.7. The van der Waals surface area contributed by atoms with E-state index in [4.69, 9.17) is 37.9 Å². The van der Waals surface area contributed by atoms with E-state index in [1.165, 1.54) is 0 Å². The Balaban J connectivity index is 0.965. The molecule has 0 unspecified atom stereocenters. The molecule has 8 fully saturated rings. The van der Waals surface area contributed by atoms with Crippen LogP contribution in [0.1, 0.15) is 113 Å². The lowest BCUT2D eigenvalue weighted by Crippen LogP contribution is -2.67. The van der Waals surface area contributed by atoms with Gasteiger partial charge < -0.3 is 104 Å². The van der Waals surface area contributed by atoms with Gasteiger partial charge in [0.15, 0.2) is 25.2 Å². The van der Waals surface area contributed by atoms with Crippen LogP contribution in [-0.2, 0) is 37.9 Å². The number of aliphatic hydroxyl groups is 13. The predicted octanol–water partition coefficient (Wildman–Crippen LogP) is -0.924. The van der Waals surface area contributed by atoms with Crippen molar-refractivity contribution < 1.29 is 104 Å². The van der Waals surface area contributed by atoms with Gasteiger partial charge in [-0.25, -0.2) is 0 Å². The predicted molar refractivity (Wildman–Crippen MR) is 254 cm³/mol. The van der Waals surface area contributed by atoms with E-state index < -0.39 is 141 Å². The summed E-state index contributed by atoms with van der Waals surface area (Å²) in [6, 6.07) is 0. The maximum absolute atomic E-state index is 12.7. The number of aliphatic hydroxyl groups excluding tert-OH is 13. The van der Waals surface area contributed by atoms with Crippen LogP contribution in [0.4, 0.5) is 0 Å². The molecule has 73 heavy (non-hydrogen) atoms. The Morgan fingerprint density at radius 2 is 1.21 bits per heavy atom. The SMILES string of the molecule is CC(C)=CCC[C@](C)(O[C@@H]1O[C@H](CO[C@@H]2OC[C@@H](O[C@@H]3OC[C@@H](O)[C@H](O)[C@H]3O)[C@H](O)[C@H]2O)[C@@H](O)[C@H](O)[C@H]1O)[C@H]1CC[C@]2(C)[C@@H]1[C@H](O)C[C@@H]1[C@@]3(C)CC[C@H](O[C@@H]4O[C@H](CO)[C@@H](O)[C@H](O)[C@H]4O)C(C)(C)[C@@H]3CC[C@]12C. The Hall–Kier alpha value is -1.10. The van der Waals surface area contributed by atoms with E-state index in [-0.39, 0.29) is 59.2 Å². The zero-order valence-electron chi connectivity index (χ0n) is 43.7. The van der Waals surface area contributed by atoms with E-state index in [1.807, 2.05) is 20.8 Å². The highest BCUT2D eigenvalue weighted by Gasteiger charge is 2.72. The summed E-state index contributed by atoms with van der Waals surface area (Å²) in [5.41, 5.74) is -1.15. The number of ether oxygens (including phenoxy) is 8. The molecule has 0 aromatic rings. The van der Waals surface area contributed by atoms with E-state index in [2.05, 4.69) is 40.7 Å². The highest BCUT2D eigenvalue weighted by Crippen LogP contribution is 2.76. The topological polar surface area (TPSA) is 337 Å². The minimum Gasteiger partial charge on any atom is -0.394 e. The quantitative estimate of drug-likeness (QED) is 0.0739. The zero-order chi connectivity index (χ0) is 53.5. The van der Waals surface area contributed by atoms with Crippen molar-refractivity contribution in [3.8, 4) is 0 Å². The van der Waals surface area contributed by atoms with Gasteiger partial charge in [0.2, 0.25) is 0 Å². The average molecular weight is 1050 g/mol. The molecule has 21 nitrogen and oxygen atoms in total. The smallest absolute Gasteiger partial charge is 0.187 e. The van der Waals surface area contributed by atoms with Crippen molar-refractivity contribution in [2.45, 2.75) is 242 Å². The van der Waals surface area contributed by atoms with Crippen LogP contribution in [0.2, 0.25) is 0 Å². The average Bonchev–Trinajstić information content (AvgIpc) is 3.72. The lowest BCUT2D eigenvalue weighted by atomic mass is 9.35. The maximum atomic E-state index is 12.7. The summed E-state index contributed by atoms with van der Waals surface area (Å²) in [7, 11) is 0. The first-order chi connectivity index (χ1) is 34.1. The standard InChI is InChI=1S/C52H88O21/c1-23(2)10-9-14-52(8,73-47-43(65)39(61)36(58)28(71-47)21-67-44-41(63)37(59)29(22-68-44)70-45-40(62)34(56)26(55)20-66-45)24-11-16-51(7)33(24)25(54)18-31-49(5)15-13-32(48(3,4)30(49)12-17-50(31,51)6)72-46-42(64)38(60)35(57)27(19-53)69-46/h10,24-47,53-65H,9,11-22H2,1-8H3/t24-,25+,26+,27+,28+,29+,30-,31+,32-,33-,34-,35+,36+,37-,38-,39-,40+,41+,42+,43+,44+,45-,46-,47-,49-,50+,51+,52-/m0/s1. The molecule has 21 heteroatoms. The summed E-state index contributed by atoms with van der Waals surface area (Å²) >= 11 is 0. The number of rotatable bonds is 14. The number of hydrogen-bond donors (Lipinski definition) is 13. The van der Waals surface area contributed by atoms with Crippen LogP contribution < -0.4 is 0 Å². The first-order valence-corrected chi connectivity index (χ1v) is 26.7. The second-order valence-corrected chi connectivity index (χ2v) is 24.8. The minimum atomic E-state index is -1.74. The summed E-state index contributed by atoms with van der Waals surface area (Å²) in [6.45, 7) is 15.7. The molecule has 422 valence electrons. The summed E-state index contributed by atoms with van der Waals surface area (Å²) in [5, 5.41) is 141. The molecule has 8 aliphatic rings. The largest absolute Gasteiger partial charge is 0.394 e. The second kappa shape index (κ2) is 21.9. The second-order valence-electron chi connectivity index (χ2n) is 24.8. The van der Waals surface area contributed by atoms with Gasteiger partial charge in [-0.05, 0) is 124 Å². The highest BCUT2D eigenvalue weighted by molar-refractivity contribution is 5.20. The molecule has 4 aliphatic carbocycles. The van der Waals surface area contributed by atoms with E-state index in [9.17, 15) is 66.4 Å². The third-order valence-corrected chi connectivity index (χ3v) is 20.1. The fourth-order valence-electron chi connectivity index (χ4n) is 15.7. The van der Waals surface area contributed by atoms with Gasteiger partial charge in [-0.2, -0.15) is 0 Å². The van der Waals surface area contributed by atoms with Crippen LogP contribution in [0.3, 0.4) is 0 Å². The Kier molecular flexibility index (Phi) is 17.4. The van der Waals surface area contributed by atoms with Crippen molar-refractivity contribution in [1.29, 1.82) is 0 Å². The van der Waals surface area contributed by atoms with Crippen LogP contribution >= 0.6 is 0 Å². The Morgan fingerprint density at radius 1 is 0.603 bits per heavy atom. The van der Waals surface area contributed by atoms with E-state index >= 15 is 0 Å². The molecule has 0 radical (unpaired) electrons. The van der Waals surface area contributed by atoms with Gasteiger partial charge in [-0.3, -0.25) is 0 Å². The van der Waals surface area contributed by atoms with Crippen LogP contribution in [0.5, 0.6) is 0 Å². The van der Waals surface area contributed by atoms with Crippen molar-refractivity contribution in [3.63, 3.8) is 0 Å². The van der Waals surface area contributed by atoms with Crippen molar-refractivity contribution in [1.82, 2.24) is 0 Å². The molecule has 4 saturated heterocycles. The van der Waals surface area contributed by atoms with Crippen molar-refractivity contribution in [3.05, 3.63) is 11.6 Å². The molecule has 0 spiro atoms. The van der Waals surface area contributed by atoms with E-state index in [1.54, 1.807) is 0 Å². The molecule has 4 aliphatic heterocycles. The van der Waals surface area contributed by atoms with Gasteiger partial charge >= 0.3 is 0 Å². The minimum absolute atomic E-state index is 0.119. The van der Waals surface area contributed by atoms with Gasteiger partial charge in [0.05, 0.1) is 44.2 Å². The molecular formula is C52H88O21. The van der Waals surface area contributed by atoms with Crippen LogP contribution in [0.25, 0.3) is 0 Å². The zero-order valence-corrected chi connectivity index (χ0v) is 43.7.